The van der Waals surface area contributed by atoms with Crippen molar-refractivity contribution in [2.75, 3.05) is 39.3 Å². The van der Waals surface area contributed by atoms with Crippen molar-refractivity contribution >= 4 is 27.9 Å². The van der Waals surface area contributed by atoms with Crippen LogP contribution >= 0.6 is 0 Å². The van der Waals surface area contributed by atoms with Crippen LogP contribution in [-0.2, 0) is 30.8 Å². The van der Waals surface area contributed by atoms with Gasteiger partial charge in [0, 0.05) is 32.7 Å². The number of piperazine rings is 1. The van der Waals surface area contributed by atoms with Gasteiger partial charge in [-0.2, -0.15) is 0 Å². The van der Waals surface area contributed by atoms with Crippen LogP contribution in [0.5, 0.6) is 0 Å². The Labute approximate surface area is 163 Å². The summed E-state index contributed by atoms with van der Waals surface area (Å²) < 4.78 is 27.3. The van der Waals surface area contributed by atoms with Crippen molar-refractivity contribution in [3.63, 3.8) is 0 Å². The monoisotopic (exact) mass is 412 g/mol. The molecule has 0 radical (unpaired) electrons. The molecular weight excluding hydrogens is 388 g/mol. The molecule has 28 heavy (non-hydrogen) atoms. The Kier molecular flexibility index (Phi) is 7.35. The van der Waals surface area contributed by atoms with Crippen molar-refractivity contribution in [2.24, 2.45) is 5.14 Å². The van der Waals surface area contributed by atoms with E-state index in [9.17, 15) is 22.8 Å². The molecule has 1 saturated heterocycles. The number of hydrogen-bond acceptors (Lipinski definition) is 6. The van der Waals surface area contributed by atoms with E-state index in [1.165, 1.54) is 21.9 Å². The number of nitrogens with one attached hydrogen (secondary N) is 1. The van der Waals surface area contributed by atoms with Crippen LogP contribution in [0.4, 0.5) is 4.79 Å². The Balaban J connectivity index is 1.76. The molecule has 154 valence electrons. The van der Waals surface area contributed by atoms with E-state index in [1.54, 1.807) is 19.1 Å². The van der Waals surface area contributed by atoms with Crippen LogP contribution in [0, 0.1) is 0 Å². The zero-order valence-corrected chi connectivity index (χ0v) is 16.4. The molecule has 0 spiro atoms. The third-order valence-electron chi connectivity index (χ3n) is 4.24. The molecular formula is C17H24N4O6S. The van der Waals surface area contributed by atoms with Crippen molar-refractivity contribution in [3.05, 3.63) is 29.8 Å². The SMILES string of the molecule is CCOC(=O)N1CCN(C(=O)C(=O)NCCc2ccc(S(N)(=O)=O)cc2)CC1. The number of nitrogens with two attached hydrogens (primary N) is 1. The summed E-state index contributed by atoms with van der Waals surface area (Å²) in [6.07, 6.45) is 0.00750. The molecule has 10 nitrogen and oxygen atoms in total. The fourth-order valence-electron chi connectivity index (χ4n) is 2.69. The van der Waals surface area contributed by atoms with E-state index in [2.05, 4.69) is 5.32 Å². The quantitative estimate of drug-likeness (QED) is 0.613. The first kappa shape index (κ1) is 21.6. The summed E-state index contributed by atoms with van der Waals surface area (Å²) in [6.45, 7) is 3.38. The number of carbonyl (C=O) groups is 3. The summed E-state index contributed by atoms with van der Waals surface area (Å²) in [5, 5.41) is 7.58. The number of ether oxygens (including phenoxy) is 1. The van der Waals surface area contributed by atoms with Gasteiger partial charge in [0.05, 0.1) is 11.5 Å². The highest BCUT2D eigenvalue weighted by atomic mass is 32.2. The van der Waals surface area contributed by atoms with E-state index in [4.69, 9.17) is 9.88 Å². The lowest BCUT2D eigenvalue weighted by Gasteiger charge is -2.33. The molecule has 1 aliphatic heterocycles. The average molecular weight is 412 g/mol. The van der Waals surface area contributed by atoms with E-state index in [1.807, 2.05) is 0 Å². The number of nitrogens with zero attached hydrogens (tertiary/aromatic N) is 2. The Morgan fingerprint density at radius 1 is 1.07 bits per heavy atom. The number of carbonyl (C=O) groups excluding carboxylic acids is 3. The molecule has 2 rings (SSSR count). The van der Waals surface area contributed by atoms with Gasteiger partial charge in [-0.1, -0.05) is 12.1 Å². The minimum atomic E-state index is -3.74. The van der Waals surface area contributed by atoms with Gasteiger partial charge in [-0.15, -0.1) is 0 Å². The smallest absolute Gasteiger partial charge is 0.409 e. The summed E-state index contributed by atoms with van der Waals surface area (Å²) in [5.74, 6) is -1.36. The fraction of sp³-hybridized carbons (Fsp3) is 0.471. The first-order valence-electron chi connectivity index (χ1n) is 8.83. The highest BCUT2D eigenvalue weighted by Gasteiger charge is 2.28. The number of benzene rings is 1. The first-order valence-corrected chi connectivity index (χ1v) is 10.4. The first-order chi connectivity index (χ1) is 13.2. The Morgan fingerprint density at radius 2 is 1.64 bits per heavy atom. The van der Waals surface area contributed by atoms with Gasteiger partial charge in [0.15, 0.2) is 0 Å². The van der Waals surface area contributed by atoms with Crippen molar-refractivity contribution < 1.29 is 27.5 Å². The van der Waals surface area contributed by atoms with Crippen LogP contribution in [0.15, 0.2) is 29.2 Å². The lowest BCUT2D eigenvalue weighted by molar-refractivity contribution is -0.146. The second kappa shape index (κ2) is 9.51. The van der Waals surface area contributed by atoms with E-state index in [0.29, 0.717) is 19.5 Å². The molecule has 0 saturated carbocycles. The van der Waals surface area contributed by atoms with E-state index >= 15 is 0 Å². The van der Waals surface area contributed by atoms with Gasteiger partial charge in [0.1, 0.15) is 0 Å². The van der Waals surface area contributed by atoms with Gasteiger partial charge in [0.25, 0.3) is 0 Å². The summed E-state index contributed by atoms with van der Waals surface area (Å²) in [4.78, 5) is 38.8. The third-order valence-corrected chi connectivity index (χ3v) is 5.17. The Hall–Kier alpha value is -2.66. The molecule has 1 aromatic carbocycles. The zero-order valence-electron chi connectivity index (χ0n) is 15.6. The Bertz CT molecular complexity index is 817. The van der Waals surface area contributed by atoms with Gasteiger partial charge in [0.2, 0.25) is 10.0 Å². The summed E-state index contributed by atoms with van der Waals surface area (Å²) in [7, 11) is -3.74. The maximum absolute atomic E-state index is 12.2. The standard InChI is InChI=1S/C17H24N4O6S/c1-2-27-17(24)21-11-9-20(10-12-21)16(23)15(22)19-8-7-13-3-5-14(6-4-13)28(18,25)26/h3-6H,2,7-12H2,1H3,(H,19,22)(H2,18,25,26). The third kappa shape index (κ3) is 5.92. The van der Waals surface area contributed by atoms with Crippen molar-refractivity contribution in [1.82, 2.24) is 15.1 Å². The second-order valence-corrected chi connectivity index (χ2v) is 7.73. The molecule has 3 amide bonds. The number of primary sulfonamides is 1. The van der Waals surface area contributed by atoms with Crippen molar-refractivity contribution in [1.29, 1.82) is 0 Å². The van der Waals surface area contributed by atoms with E-state index in [-0.39, 0.29) is 31.1 Å². The van der Waals surface area contributed by atoms with Gasteiger partial charge >= 0.3 is 17.9 Å². The van der Waals surface area contributed by atoms with Crippen LogP contribution in [0.3, 0.4) is 0 Å². The van der Waals surface area contributed by atoms with Crippen LogP contribution in [0.25, 0.3) is 0 Å². The average Bonchev–Trinajstić information content (AvgIpc) is 2.67. The van der Waals surface area contributed by atoms with Crippen LogP contribution < -0.4 is 10.5 Å². The minimum absolute atomic E-state index is 0.0115. The van der Waals surface area contributed by atoms with Crippen LogP contribution in [-0.4, -0.2) is 75.5 Å². The fourth-order valence-corrected chi connectivity index (χ4v) is 3.21. The molecule has 0 atom stereocenters. The van der Waals surface area contributed by atoms with Crippen molar-refractivity contribution in [2.45, 2.75) is 18.2 Å². The zero-order chi connectivity index (χ0) is 20.7. The normalized spacial score (nSPS) is 14.5. The molecule has 1 fully saturated rings. The van der Waals surface area contributed by atoms with Crippen LogP contribution in [0.2, 0.25) is 0 Å². The minimum Gasteiger partial charge on any atom is -0.450 e. The largest absolute Gasteiger partial charge is 0.450 e. The second-order valence-electron chi connectivity index (χ2n) is 6.17. The van der Waals surface area contributed by atoms with Crippen LogP contribution in [0.1, 0.15) is 12.5 Å². The lowest BCUT2D eigenvalue weighted by Crippen LogP contribution is -2.54. The number of hydrogen-bond donors (Lipinski definition) is 2. The van der Waals surface area contributed by atoms with Gasteiger partial charge in [-0.25, -0.2) is 18.4 Å². The topological polar surface area (TPSA) is 139 Å². The predicted octanol–water partition coefficient (Wildman–Crippen LogP) is -0.707. The summed E-state index contributed by atoms with van der Waals surface area (Å²) in [6, 6.07) is 5.98. The molecule has 0 bridgehead atoms. The highest BCUT2D eigenvalue weighted by molar-refractivity contribution is 7.89. The summed E-state index contributed by atoms with van der Waals surface area (Å²) in [5.41, 5.74) is 0.795. The van der Waals surface area contributed by atoms with Crippen molar-refractivity contribution in [3.8, 4) is 0 Å². The molecule has 3 N–H and O–H groups in total. The highest BCUT2D eigenvalue weighted by Crippen LogP contribution is 2.09. The van der Waals surface area contributed by atoms with Gasteiger partial charge in [-0.05, 0) is 31.0 Å². The maximum atomic E-state index is 12.2. The Morgan fingerprint density at radius 3 is 2.18 bits per heavy atom. The maximum Gasteiger partial charge on any atom is 0.409 e. The number of rotatable bonds is 5. The number of amides is 3. The van der Waals surface area contributed by atoms with E-state index in [0.717, 1.165) is 5.56 Å². The molecule has 0 unspecified atom stereocenters. The molecule has 1 aliphatic rings. The predicted molar refractivity (Wildman–Crippen MR) is 99.7 cm³/mol. The summed E-state index contributed by atoms with van der Waals surface area (Å²) >= 11 is 0. The lowest BCUT2D eigenvalue weighted by atomic mass is 10.1. The van der Waals surface area contributed by atoms with Gasteiger partial charge in [-0.3, -0.25) is 9.59 Å². The van der Waals surface area contributed by atoms with E-state index < -0.39 is 27.9 Å². The molecule has 1 heterocycles. The van der Waals surface area contributed by atoms with Gasteiger partial charge < -0.3 is 19.9 Å². The number of sulfonamides is 1. The molecule has 1 aromatic rings. The molecule has 0 aromatic heterocycles. The molecule has 0 aliphatic carbocycles. The molecule has 11 heteroatoms.